The highest BCUT2D eigenvalue weighted by atomic mass is 16.3. The summed E-state index contributed by atoms with van der Waals surface area (Å²) in [6.45, 7) is 2.42. The van der Waals surface area contributed by atoms with E-state index in [1.165, 1.54) is 6.42 Å². The van der Waals surface area contributed by atoms with Crippen LogP contribution in [0, 0.1) is 0 Å². The van der Waals surface area contributed by atoms with E-state index in [0.29, 0.717) is 19.6 Å². The molecule has 0 aliphatic carbocycles. The summed E-state index contributed by atoms with van der Waals surface area (Å²) < 4.78 is 0. The van der Waals surface area contributed by atoms with Gasteiger partial charge in [-0.3, -0.25) is 9.69 Å². The minimum atomic E-state index is 0.00537. The summed E-state index contributed by atoms with van der Waals surface area (Å²) in [6, 6.07) is 0.145. The van der Waals surface area contributed by atoms with E-state index in [-0.39, 0.29) is 18.6 Å². The van der Waals surface area contributed by atoms with Crippen molar-refractivity contribution in [3.05, 3.63) is 0 Å². The Bertz CT molecular complexity index is 211. The molecule has 0 aromatic rings. The van der Waals surface area contributed by atoms with Crippen molar-refractivity contribution in [3.8, 4) is 0 Å². The highest BCUT2D eigenvalue weighted by Gasteiger charge is 2.21. The fourth-order valence-electron chi connectivity index (χ4n) is 2.10. The van der Waals surface area contributed by atoms with Crippen molar-refractivity contribution < 1.29 is 9.90 Å². The number of carbonyl (C=O) groups is 1. The van der Waals surface area contributed by atoms with E-state index in [4.69, 9.17) is 5.73 Å². The lowest BCUT2D eigenvalue weighted by atomic mass is 10.1. The fraction of sp³-hybridized carbons (Fsp3) is 0.909. The number of likely N-dealkylation sites (tertiary alicyclic amines) is 1. The van der Waals surface area contributed by atoms with E-state index in [1.54, 1.807) is 0 Å². The molecule has 1 heterocycles. The molecule has 0 bridgehead atoms. The number of amides is 1. The summed E-state index contributed by atoms with van der Waals surface area (Å²) in [7, 11) is 0. The normalized spacial score (nSPS) is 22.8. The molecule has 1 atom stereocenters. The predicted octanol–water partition coefficient (Wildman–Crippen LogP) is -0.702. The molecule has 1 aliphatic heterocycles. The molecule has 0 spiro atoms. The number of nitrogens with zero attached hydrogens (tertiary/aromatic N) is 1. The van der Waals surface area contributed by atoms with Gasteiger partial charge in [-0.15, -0.1) is 0 Å². The summed E-state index contributed by atoms with van der Waals surface area (Å²) in [6.07, 6.45) is 4.44. The third-order valence-electron chi connectivity index (χ3n) is 3.02. The summed E-state index contributed by atoms with van der Waals surface area (Å²) in [5.41, 5.74) is 5.32. The molecule has 5 heteroatoms. The van der Waals surface area contributed by atoms with Gasteiger partial charge in [0.25, 0.3) is 0 Å². The van der Waals surface area contributed by atoms with Crippen LogP contribution in [0.5, 0.6) is 0 Å². The molecule has 0 saturated carbocycles. The quantitative estimate of drug-likeness (QED) is 0.582. The van der Waals surface area contributed by atoms with E-state index >= 15 is 0 Å². The molecule has 0 aromatic heterocycles. The third kappa shape index (κ3) is 4.47. The number of carbonyl (C=O) groups excluding carboxylic acids is 1. The van der Waals surface area contributed by atoms with E-state index in [9.17, 15) is 9.90 Å². The molecule has 1 aliphatic rings. The lowest BCUT2D eigenvalue weighted by Gasteiger charge is -2.27. The average molecular weight is 229 g/mol. The van der Waals surface area contributed by atoms with E-state index in [0.717, 1.165) is 25.8 Å². The van der Waals surface area contributed by atoms with Crippen LogP contribution in [0.1, 0.15) is 25.7 Å². The number of aliphatic hydroxyl groups is 1. The van der Waals surface area contributed by atoms with E-state index < -0.39 is 0 Å². The number of aliphatic hydroxyl groups excluding tert-OH is 1. The second-order valence-corrected chi connectivity index (χ2v) is 4.29. The first-order chi connectivity index (χ1) is 7.77. The van der Waals surface area contributed by atoms with Gasteiger partial charge in [-0.05, 0) is 19.4 Å². The van der Waals surface area contributed by atoms with Crippen LogP contribution in [-0.4, -0.2) is 54.7 Å². The maximum Gasteiger partial charge on any atom is 0.234 e. The summed E-state index contributed by atoms with van der Waals surface area (Å²) in [5, 5.41) is 12.0. The Kier molecular flexibility index (Phi) is 6.37. The third-order valence-corrected chi connectivity index (χ3v) is 3.02. The van der Waals surface area contributed by atoms with Crippen molar-refractivity contribution in [2.75, 3.05) is 32.8 Å². The van der Waals surface area contributed by atoms with Crippen LogP contribution in [0.15, 0.2) is 0 Å². The summed E-state index contributed by atoms with van der Waals surface area (Å²) in [4.78, 5) is 13.6. The topological polar surface area (TPSA) is 78.6 Å². The molecule has 1 amide bonds. The molecule has 16 heavy (non-hydrogen) atoms. The molecule has 94 valence electrons. The van der Waals surface area contributed by atoms with Crippen molar-refractivity contribution >= 4 is 5.91 Å². The van der Waals surface area contributed by atoms with Crippen LogP contribution >= 0.6 is 0 Å². The summed E-state index contributed by atoms with van der Waals surface area (Å²) in [5.74, 6) is 0.00537. The molecule has 4 N–H and O–H groups in total. The van der Waals surface area contributed by atoms with Crippen LogP contribution in [0.4, 0.5) is 0 Å². The first kappa shape index (κ1) is 13.4. The van der Waals surface area contributed by atoms with E-state index in [1.807, 2.05) is 0 Å². The van der Waals surface area contributed by atoms with Gasteiger partial charge in [0.2, 0.25) is 5.91 Å². The van der Waals surface area contributed by atoms with E-state index in [2.05, 4.69) is 10.2 Å². The summed E-state index contributed by atoms with van der Waals surface area (Å²) >= 11 is 0. The van der Waals surface area contributed by atoms with Crippen LogP contribution in [0.3, 0.4) is 0 Å². The number of rotatable bonds is 5. The van der Waals surface area contributed by atoms with Crippen molar-refractivity contribution in [2.24, 2.45) is 5.73 Å². The highest BCUT2D eigenvalue weighted by molar-refractivity contribution is 5.78. The van der Waals surface area contributed by atoms with Gasteiger partial charge < -0.3 is 16.2 Å². The van der Waals surface area contributed by atoms with Gasteiger partial charge in [0.15, 0.2) is 0 Å². The zero-order valence-corrected chi connectivity index (χ0v) is 9.82. The predicted molar refractivity (Wildman–Crippen MR) is 63.0 cm³/mol. The standard InChI is InChI=1S/C11H23N3O2/c12-5-6-13-11(16)8-14-7-3-1-2-4-10(14)9-15/h10,15H,1-9,12H2,(H,13,16). The Labute approximate surface area is 97.0 Å². The zero-order valence-electron chi connectivity index (χ0n) is 9.82. The van der Waals surface area contributed by atoms with Crippen LogP contribution in [0.25, 0.3) is 0 Å². The smallest absolute Gasteiger partial charge is 0.234 e. The zero-order chi connectivity index (χ0) is 11.8. The second-order valence-electron chi connectivity index (χ2n) is 4.29. The molecule has 0 radical (unpaired) electrons. The highest BCUT2D eigenvalue weighted by Crippen LogP contribution is 2.15. The number of nitrogens with one attached hydrogen (secondary N) is 1. The van der Waals surface area contributed by atoms with Crippen molar-refractivity contribution in [2.45, 2.75) is 31.7 Å². The van der Waals surface area contributed by atoms with Gasteiger partial charge in [-0.1, -0.05) is 12.8 Å². The van der Waals surface area contributed by atoms with Crippen LogP contribution in [-0.2, 0) is 4.79 Å². The Hall–Kier alpha value is -0.650. The minimum Gasteiger partial charge on any atom is -0.395 e. The first-order valence-corrected chi connectivity index (χ1v) is 6.09. The molecule has 5 nitrogen and oxygen atoms in total. The molecule has 1 fully saturated rings. The van der Waals surface area contributed by atoms with Crippen molar-refractivity contribution in [1.29, 1.82) is 0 Å². The SMILES string of the molecule is NCCNC(=O)CN1CCCCCC1CO. The Morgan fingerprint density at radius 2 is 2.25 bits per heavy atom. The maximum absolute atomic E-state index is 11.6. The second kappa shape index (κ2) is 7.60. The number of hydrogen-bond donors (Lipinski definition) is 3. The average Bonchev–Trinajstić information content (AvgIpc) is 2.51. The first-order valence-electron chi connectivity index (χ1n) is 6.09. The van der Waals surface area contributed by atoms with Gasteiger partial charge >= 0.3 is 0 Å². The Morgan fingerprint density at radius 3 is 2.94 bits per heavy atom. The van der Waals surface area contributed by atoms with Crippen molar-refractivity contribution in [1.82, 2.24) is 10.2 Å². The lowest BCUT2D eigenvalue weighted by molar-refractivity contribution is -0.122. The molecule has 1 rings (SSSR count). The molecular weight excluding hydrogens is 206 g/mol. The largest absolute Gasteiger partial charge is 0.395 e. The Morgan fingerprint density at radius 1 is 1.44 bits per heavy atom. The van der Waals surface area contributed by atoms with Gasteiger partial charge in [0, 0.05) is 19.1 Å². The van der Waals surface area contributed by atoms with Crippen LogP contribution < -0.4 is 11.1 Å². The minimum absolute atomic E-state index is 0.00537. The molecule has 0 aromatic carbocycles. The molecular formula is C11H23N3O2. The molecule has 1 unspecified atom stereocenters. The fourth-order valence-corrected chi connectivity index (χ4v) is 2.10. The number of hydrogen-bond acceptors (Lipinski definition) is 4. The van der Waals surface area contributed by atoms with Gasteiger partial charge in [-0.25, -0.2) is 0 Å². The molecule has 1 saturated heterocycles. The monoisotopic (exact) mass is 229 g/mol. The van der Waals surface area contributed by atoms with Gasteiger partial charge in [0.1, 0.15) is 0 Å². The van der Waals surface area contributed by atoms with Gasteiger partial charge in [-0.2, -0.15) is 0 Å². The van der Waals surface area contributed by atoms with Crippen LogP contribution in [0.2, 0.25) is 0 Å². The number of nitrogens with two attached hydrogens (primary N) is 1. The van der Waals surface area contributed by atoms with Gasteiger partial charge in [0.05, 0.1) is 13.2 Å². The maximum atomic E-state index is 11.6. The lowest BCUT2D eigenvalue weighted by Crippen LogP contribution is -2.45. The Balaban J connectivity index is 2.38. The van der Waals surface area contributed by atoms with Crippen molar-refractivity contribution in [3.63, 3.8) is 0 Å².